The third kappa shape index (κ3) is 22.5. The number of hydrogen-bond donors (Lipinski definition) is 14. The summed E-state index contributed by atoms with van der Waals surface area (Å²) in [5.41, 5.74) is 31.6. The number of amides is 11. The number of hydrazone groups is 5. The smallest absolute Gasteiger partial charge is 0.347 e. The van der Waals surface area contributed by atoms with Gasteiger partial charge in [0.05, 0.1) is 101 Å². The highest BCUT2D eigenvalue weighted by Gasteiger charge is 2.41. The van der Waals surface area contributed by atoms with Gasteiger partial charge in [0.2, 0.25) is 29.4 Å². The van der Waals surface area contributed by atoms with E-state index in [4.69, 9.17) is 105 Å². The van der Waals surface area contributed by atoms with Crippen LogP contribution in [0.3, 0.4) is 0 Å². The first kappa shape index (κ1) is 105. The van der Waals surface area contributed by atoms with Crippen LogP contribution in [0.1, 0.15) is 143 Å². The lowest BCUT2D eigenvalue weighted by Crippen LogP contribution is -2.46. The average Bonchev–Trinajstić information content (AvgIpc) is 1.42. The number of benzene rings is 6. The van der Waals surface area contributed by atoms with Gasteiger partial charge in [-0.3, -0.25) is 24.0 Å². The molecule has 0 radical (unpaired) electrons. The first-order valence-electron chi connectivity index (χ1n) is 43.2. The number of aromatic nitrogens is 8. The van der Waals surface area contributed by atoms with Crippen LogP contribution in [-0.2, 0) is 35.9 Å². The van der Waals surface area contributed by atoms with Crippen molar-refractivity contribution in [2.45, 2.75) is 124 Å². The minimum Gasteiger partial charge on any atom is -0.454 e. The lowest BCUT2D eigenvalue weighted by molar-refractivity contribution is -0.119. The van der Waals surface area contributed by atoms with Crippen LogP contribution in [0.2, 0.25) is 25.1 Å². The fourth-order valence-electron chi connectivity index (χ4n) is 14.5. The minimum absolute atomic E-state index is 0.000517. The minimum atomic E-state index is -0.685. The molecule has 11 amide bonds. The lowest BCUT2D eigenvalue weighted by atomic mass is 9.86. The number of halogens is 8. The number of rotatable bonds is 19. The summed E-state index contributed by atoms with van der Waals surface area (Å²) >= 11 is 42.3. The van der Waals surface area contributed by atoms with Crippen molar-refractivity contribution in [1.29, 1.82) is 5.26 Å². The zero-order valence-corrected chi connectivity index (χ0v) is 86.5. The zero-order valence-electron chi connectivity index (χ0n) is 78.0. The molecule has 18 N–H and O–H groups in total. The number of carbonyl (C=O) groups is 6. The van der Waals surface area contributed by atoms with Gasteiger partial charge in [-0.1, -0.05) is 146 Å². The van der Waals surface area contributed by atoms with Gasteiger partial charge in [0, 0.05) is 63.3 Å². The van der Waals surface area contributed by atoms with E-state index in [2.05, 4.69) is 179 Å². The topological polar surface area (TPSA) is 610 Å². The van der Waals surface area contributed by atoms with Crippen LogP contribution >= 0.6 is 106 Å². The van der Waals surface area contributed by atoms with Crippen LogP contribution in [0.4, 0.5) is 58.1 Å². The van der Waals surface area contributed by atoms with Crippen molar-refractivity contribution in [3.63, 3.8) is 0 Å². The van der Waals surface area contributed by atoms with Gasteiger partial charge in [0.1, 0.15) is 11.8 Å². The van der Waals surface area contributed by atoms with Crippen molar-refractivity contribution in [3.8, 4) is 64.1 Å². The number of allylic oxidation sites excluding steroid dienone is 1. The molecular formula is C93H85Br3Cl5N29O15. The summed E-state index contributed by atoms with van der Waals surface area (Å²) in [6.07, 6.45) is 2.83. The molecular weight excluding hydrogens is 2180 g/mol. The number of carbonyl (C=O) groups excluding carboxylic acids is 6. The Morgan fingerprint density at radius 3 is 1.01 bits per heavy atom. The number of nitrogens with zero attached hydrogens (tertiary/aromatic N) is 15. The Morgan fingerprint density at radius 2 is 0.669 bits per heavy atom. The summed E-state index contributed by atoms with van der Waals surface area (Å²) in [7, 11) is 0. The van der Waals surface area contributed by atoms with Gasteiger partial charge in [-0.15, -0.1) is 40.8 Å². The third-order valence-corrected chi connectivity index (χ3v) is 25.6. The molecule has 748 valence electrons. The summed E-state index contributed by atoms with van der Waals surface area (Å²) < 4.78 is 30.8. The number of H-pyrrole nitrogens is 4. The van der Waals surface area contributed by atoms with Crippen molar-refractivity contribution in [2.75, 3.05) is 30.4 Å². The molecule has 0 saturated carbocycles. The normalized spacial score (nSPS) is 15.3. The van der Waals surface area contributed by atoms with Crippen LogP contribution in [0.5, 0.6) is 58.0 Å². The Kier molecular flexibility index (Phi) is 31.0. The molecule has 18 rings (SSSR count). The molecule has 44 nitrogen and oxygen atoms in total. The number of nitrogens with one attached hydrogen (secondary N) is 10. The van der Waals surface area contributed by atoms with Crippen molar-refractivity contribution >= 4 is 205 Å². The molecule has 2 aliphatic carbocycles. The van der Waals surface area contributed by atoms with Crippen molar-refractivity contribution in [2.24, 2.45) is 48.4 Å². The second-order valence-corrected chi connectivity index (χ2v) is 38.6. The van der Waals surface area contributed by atoms with Gasteiger partial charge in [-0.25, -0.2) is 44.4 Å². The van der Waals surface area contributed by atoms with Crippen molar-refractivity contribution < 1.29 is 52.5 Å². The van der Waals surface area contributed by atoms with E-state index < -0.39 is 35.6 Å². The van der Waals surface area contributed by atoms with Crippen LogP contribution in [0.25, 0.3) is 0 Å². The number of nitrogens with two attached hydrogens (primary N) is 4. The summed E-state index contributed by atoms with van der Waals surface area (Å²) in [6.45, 7) is 36.9. The van der Waals surface area contributed by atoms with Gasteiger partial charge in [0.25, 0.3) is 22.2 Å². The lowest BCUT2D eigenvalue weighted by Gasteiger charge is -2.31. The standard InChI is InChI=1S/C20H17Cl2N5O3.C20H17ClN6O3.C19H19ClN6O3.C17H16Br2N6O3.C17H16BrClN6O3/c1-9-17(23)26-27(19(29)24-9)10-6-13(21)16(14(22)7-10)30-11-4-5-15-12(8-11)20(2,3)18(28)25-15;1-9(2)13-6-17(24-25-19(13)28)30-18-12-5-4-11(12)16(7-14(18)21)27-20(29)23-10(3)15(8-22)26-27;1-8(2)12-6-15(23-24-18(12)27)29-16-11-5-4-10(11)14(7-13(16)20)26-19(28)22-9(3)17(21)25-26;2*1-7(2)10-6-13(22-23-16(10)26)28-14-11(18)4-9(5-12(14)19)25-17(27)21-8(3)15(20)24-25/h4-8H,1H2,2-3H3,(H2,23,26)(H,24,29)(H,25,28);6-7,9H,3-5H2,1-2H3,(H,23,29)(H,25,28);6-8H,3-5H2,1-2H3,(H2,21,25)(H,22,28)(H,24,27);2*4-7H,3H2,1-2H3,(H2,20,24)(H,21,27)(H,23,26). The fourth-order valence-corrected chi connectivity index (χ4v) is 17.7. The van der Waals surface area contributed by atoms with Gasteiger partial charge >= 0.3 is 30.2 Å². The maximum absolute atomic E-state index is 12.4. The molecule has 10 aromatic rings. The Balaban J connectivity index is 0.000000144. The number of urea groups is 5. The number of aromatic amines is 4. The van der Waals surface area contributed by atoms with Gasteiger partial charge in [0.15, 0.2) is 57.8 Å². The van der Waals surface area contributed by atoms with Crippen LogP contribution in [0, 0.1) is 11.3 Å². The van der Waals surface area contributed by atoms with E-state index in [1.807, 2.05) is 75.3 Å². The number of hydrogen-bond acceptors (Lipinski definition) is 29. The molecule has 0 saturated heterocycles. The third-order valence-electron chi connectivity index (χ3n) is 22.4. The van der Waals surface area contributed by atoms with Crippen molar-refractivity contribution in [1.82, 2.24) is 67.4 Å². The molecule has 6 aliphatic heterocycles. The van der Waals surface area contributed by atoms with Gasteiger partial charge in [-0.2, -0.15) is 35.4 Å². The zero-order chi connectivity index (χ0) is 105. The monoisotopic (exact) mass is 2260 g/mol. The Labute approximate surface area is 873 Å². The van der Waals surface area contributed by atoms with Crippen molar-refractivity contribution in [3.05, 3.63) is 282 Å². The van der Waals surface area contributed by atoms with Crippen LogP contribution in [0.15, 0.2) is 210 Å². The van der Waals surface area contributed by atoms with E-state index in [0.29, 0.717) is 105 Å². The van der Waals surface area contributed by atoms with Gasteiger partial charge in [-0.05, 0) is 194 Å². The molecule has 0 atom stereocenters. The van der Waals surface area contributed by atoms with E-state index in [0.717, 1.165) is 66.4 Å². The molecule has 52 heteroatoms. The van der Waals surface area contributed by atoms with E-state index in [-0.39, 0.29) is 164 Å². The molecule has 0 unspecified atom stereocenters. The van der Waals surface area contributed by atoms with E-state index >= 15 is 0 Å². The number of ether oxygens (including phenoxy) is 5. The van der Waals surface area contributed by atoms with E-state index in [9.17, 15) is 53.2 Å². The number of fused-ring (bicyclic) bond motifs is 3. The highest BCUT2D eigenvalue weighted by Crippen LogP contribution is 2.51. The second kappa shape index (κ2) is 42.8. The molecule has 10 heterocycles. The number of anilines is 6. The Morgan fingerprint density at radius 1 is 0.372 bits per heavy atom. The fraction of sp³-hybridized carbons (Fsp3) is 0.204. The molecule has 6 aromatic carbocycles. The number of nitriles is 1. The molecule has 0 bridgehead atoms. The average molecular weight is 2270 g/mol. The van der Waals surface area contributed by atoms with Crippen LogP contribution < -0.4 is 126 Å². The van der Waals surface area contributed by atoms with E-state index in [1.165, 1.54) is 23.2 Å². The SMILES string of the molecule is C=C1NC(=O)N(c2cc(Br)c(Oc3cc(C(C)C)c(=O)[nH]n3)c(Br)c2)N=C1N.C=C1NC(=O)N(c2cc(Cl)c(Oc3cc(C(C)C)c(=O)[nH]n3)c(Br)c2)N=C1N.C=C1NC(=O)N(c2cc(Cl)c(Oc3cc(C(C)C)c(=O)[nH]n3)c3c2CC3)N=C1C#N.C=C1NC(=O)N(c2cc(Cl)c(Oc3cc(C(C)C)c(=O)[nH]n3)c3c2CC3)N=C1N.C=C1NC(=O)N(c2cc(Cl)c(Oc3ccc4c(c3)C(C)(C)C(=O)N4)c(Cl)c2)N=C1N. The largest absolute Gasteiger partial charge is 0.454 e. The summed E-state index contributed by atoms with van der Waals surface area (Å²) in [5.74, 6) is 3.37. The van der Waals surface area contributed by atoms with Gasteiger partial charge < -0.3 is 78.5 Å². The Bertz CT molecular complexity index is 7480. The first-order valence-corrected chi connectivity index (χ1v) is 47.5. The highest BCUT2D eigenvalue weighted by atomic mass is 79.9. The maximum atomic E-state index is 12.4. The predicted molar refractivity (Wildman–Crippen MR) is 560 cm³/mol. The maximum Gasteiger partial charge on any atom is 0.347 e. The Hall–Kier alpha value is -15.7. The molecule has 0 spiro atoms. The first-order chi connectivity index (χ1) is 68.5. The molecule has 4 aromatic heterocycles. The summed E-state index contributed by atoms with van der Waals surface area (Å²) in [5, 5.41) is 76.8. The molecule has 0 fully saturated rings. The predicted octanol–water partition coefficient (Wildman–Crippen LogP) is 17.4. The van der Waals surface area contributed by atoms with E-state index in [1.54, 1.807) is 72.8 Å². The molecule has 8 aliphatic rings. The highest BCUT2D eigenvalue weighted by molar-refractivity contribution is 9.11. The summed E-state index contributed by atoms with van der Waals surface area (Å²) in [4.78, 5) is 121. The molecule has 145 heavy (non-hydrogen) atoms. The quantitative estimate of drug-likeness (QED) is 0.0357. The second-order valence-electron chi connectivity index (χ2n) is 34.0. The summed E-state index contributed by atoms with van der Waals surface area (Å²) in [6, 6.07) is 23.4. The number of amidine groups is 4. The van der Waals surface area contributed by atoms with Crippen LogP contribution in [-0.4, -0.2) is 106 Å².